The van der Waals surface area contributed by atoms with E-state index in [0.29, 0.717) is 18.0 Å². The molecule has 2 N–H and O–H groups in total. The number of carbonyl (C=O) groups is 1. The number of rotatable bonds is 6. The molecule has 7 nitrogen and oxygen atoms in total. The van der Waals surface area contributed by atoms with Crippen LogP contribution in [0.25, 0.3) is 11.3 Å². The van der Waals surface area contributed by atoms with E-state index in [1.807, 2.05) is 42.2 Å². The van der Waals surface area contributed by atoms with E-state index in [-0.39, 0.29) is 17.7 Å². The van der Waals surface area contributed by atoms with E-state index in [4.69, 9.17) is 9.47 Å². The van der Waals surface area contributed by atoms with Gasteiger partial charge in [0.1, 0.15) is 11.4 Å². The molecule has 4 rings (SSSR count). The number of nitrogens with one attached hydrogen (secondary N) is 1. The predicted octanol–water partition coefficient (Wildman–Crippen LogP) is 3.75. The van der Waals surface area contributed by atoms with Crippen molar-refractivity contribution in [3.8, 4) is 28.5 Å². The van der Waals surface area contributed by atoms with Gasteiger partial charge in [0.25, 0.3) is 5.91 Å². The van der Waals surface area contributed by atoms with Crippen LogP contribution in [0.3, 0.4) is 0 Å². The molecule has 29 heavy (non-hydrogen) atoms. The lowest BCUT2D eigenvalue weighted by Gasteiger charge is -2.26. The van der Waals surface area contributed by atoms with E-state index in [1.54, 1.807) is 19.2 Å². The Hall–Kier alpha value is -3.48. The summed E-state index contributed by atoms with van der Waals surface area (Å²) in [6.07, 6.45) is 0.826. The number of amides is 1. The summed E-state index contributed by atoms with van der Waals surface area (Å²) in [4.78, 5) is 14.9. The number of aromatic hydroxyl groups is 1. The lowest BCUT2D eigenvalue weighted by molar-refractivity contribution is 0.0744. The normalized spacial score (nSPS) is 15.5. The predicted molar refractivity (Wildman–Crippen MR) is 108 cm³/mol. The number of phenolic OH excluding ortho intramolecular Hbond substituents is 1. The summed E-state index contributed by atoms with van der Waals surface area (Å²) in [5.74, 6) is 1.11. The Morgan fingerprint density at radius 3 is 2.55 bits per heavy atom. The van der Waals surface area contributed by atoms with Crippen LogP contribution in [0, 0.1) is 0 Å². The molecule has 0 fully saturated rings. The molecule has 1 amide bonds. The third-order valence-electron chi connectivity index (χ3n) is 5.21. The number of phenols is 1. The molecule has 1 aromatic heterocycles. The van der Waals surface area contributed by atoms with Crippen molar-refractivity contribution in [2.45, 2.75) is 19.4 Å². The maximum Gasteiger partial charge on any atom is 0.273 e. The second-order valence-electron chi connectivity index (χ2n) is 6.92. The highest BCUT2D eigenvalue weighted by Gasteiger charge is 2.41. The van der Waals surface area contributed by atoms with Gasteiger partial charge in [-0.3, -0.25) is 9.89 Å². The quantitative estimate of drug-likeness (QED) is 0.666. The monoisotopic (exact) mass is 393 g/mol. The molecule has 2 heterocycles. The van der Waals surface area contributed by atoms with Gasteiger partial charge in [-0.25, -0.2) is 0 Å². The number of ether oxygens (including phenoxy) is 2. The van der Waals surface area contributed by atoms with Crippen molar-refractivity contribution in [2.24, 2.45) is 0 Å². The number of hydrogen-bond donors (Lipinski definition) is 2. The first-order chi connectivity index (χ1) is 14.1. The van der Waals surface area contributed by atoms with Crippen LogP contribution in [0.1, 0.15) is 41.0 Å². The number of nitrogens with zero attached hydrogens (tertiary/aromatic N) is 2. The number of methoxy groups -OCH3 is 2. The van der Waals surface area contributed by atoms with Crippen molar-refractivity contribution >= 4 is 5.91 Å². The van der Waals surface area contributed by atoms with Crippen molar-refractivity contribution < 1.29 is 19.4 Å². The van der Waals surface area contributed by atoms with Gasteiger partial charge in [-0.2, -0.15) is 5.10 Å². The van der Waals surface area contributed by atoms with Crippen LogP contribution in [0.4, 0.5) is 0 Å². The van der Waals surface area contributed by atoms with Crippen molar-refractivity contribution in [3.63, 3.8) is 0 Å². The number of aromatic nitrogens is 2. The van der Waals surface area contributed by atoms with Gasteiger partial charge in [-0.15, -0.1) is 0 Å². The molecule has 0 aliphatic carbocycles. The summed E-state index contributed by atoms with van der Waals surface area (Å²) in [7, 11) is 3.13. The van der Waals surface area contributed by atoms with Gasteiger partial charge in [-0.05, 0) is 48.4 Å². The first-order valence-electron chi connectivity index (χ1n) is 9.49. The lowest BCUT2D eigenvalue weighted by Crippen LogP contribution is -2.30. The molecule has 3 aromatic rings. The number of fused-ring (bicyclic) bond motifs is 1. The zero-order valence-electron chi connectivity index (χ0n) is 16.6. The molecule has 0 saturated carbocycles. The Bertz CT molecular complexity index is 1040. The van der Waals surface area contributed by atoms with Crippen LogP contribution in [0.2, 0.25) is 0 Å². The molecule has 0 saturated heterocycles. The Labute approximate surface area is 168 Å². The molecule has 1 aliphatic rings. The van der Waals surface area contributed by atoms with E-state index in [9.17, 15) is 9.90 Å². The molecule has 0 unspecified atom stereocenters. The van der Waals surface area contributed by atoms with Gasteiger partial charge in [0.2, 0.25) is 0 Å². The largest absolute Gasteiger partial charge is 0.504 e. The van der Waals surface area contributed by atoms with Crippen molar-refractivity contribution in [1.29, 1.82) is 0 Å². The smallest absolute Gasteiger partial charge is 0.273 e. The molecule has 7 heteroatoms. The third kappa shape index (κ3) is 3.08. The zero-order valence-corrected chi connectivity index (χ0v) is 16.6. The fraction of sp³-hybridized carbons (Fsp3) is 0.273. The highest BCUT2D eigenvalue weighted by molar-refractivity contribution is 6.00. The second-order valence-corrected chi connectivity index (χ2v) is 6.92. The van der Waals surface area contributed by atoms with Gasteiger partial charge in [0.05, 0.1) is 26.0 Å². The standard InChI is InChI=1S/C22H23N3O4/c1-4-11-25-21(14-7-10-16(26)17(12-14)29-3)18-19(23-24-20(18)22(25)27)13-5-8-15(28-2)9-6-13/h5-10,12,21,26H,4,11H2,1-3H3,(H,23,24)/t21-/m1/s1. The Morgan fingerprint density at radius 1 is 1.14 bits per heavy atom. The van der Waals surface area contributed by atoms with E-state index >= 15 is 0 Å². The zero-order chi connectivity index (χ0) is 20.5. The minimum absolute atomic E-state index is 0.0606. The molecule has 1 atom stereocenters. The number of aromatic amines is 1. The van der Waals surface area contributed by atoms with Crippen LogP contribution >= 0.6 is 0 Å². The fourth-order valence-corrected chi connectivity index (χ4v) is 3.85. The van der Waals surface area contributed by atoms with Gasteiger partial charge in [0.15, 0.2) is 11.5 Å². The average Bonchev–Trinajstić information content (AvgIpc) is 3.29. The highest BCUT2D eigenvalue weighted by atomic mass is 16.5. The summed E-state index contributed by atoms with van der Waals surface area (Å²) in [6, 6.07) is 12.5. The summed E-state index contributed by atoms with van der Waals surface area (Å²) in [5.41, 5.74) is 3.82. The molecular formula is C22H23N3O4. The van der Waals surface area contributed by atoms with Gasteiger partial charge >= 0.3 is 0 Å². The minimum Gasteiger partial charge on any atom is -0.504 e. The summed E-state index contributed by atoms with van der Waals surface area (Å²) in [6.45, 7) is 2.65. The summed E-state index contributed by atoms with van der Waals surface area (Å²) >= 11 is 0. The molecular weight excluding hydrogens is 370 g/mol. The van der Waals surface area contributed by atoms with Crippen molar-refractivity contribution in [1.82, 2.24) is 15.1 Å². The molecule has 0 radical (unpaired) electrons. The lowest BCUT2D eigenvalue weighted by atomic mass is 9.95. The average molecular weight is 393 g/mol. The molecule has 0 spiro atoms. The van der Waals surface area contributed by atoms with Crippen LogP contribution in [0.15, 0.2) is 42.5 Å². The Morgan fingerprint density at radius 2 is 1.90 bits per heavy atom. The van der Waals surface area contributed by atoms with Crippen molar-refractivity contribution in [2.75, 3.05) is 20.8 Å². The first kappa shape index (κ1) is 18.9. The SMILES string of the molecule is CCCN1C(=O)c2[nH]nc(-c3ccc(OC)cc3)c2[C@H]1c1ccc(O)c(OC)c1. The van der Waals surface area contributed by atoms with Crippen LogP contribution < -0.4 is 9.47 Å². The van der Waals surface area contributed by atoms with E-state index < -0.39 is 0 Å². The van der Waals surface area contributed by atoms with E-state index in [0.717, 1.165) is 34.6 Å². The van der Waals surface area contributed by atoms with Gasteiger partial charge in [0, 0.05) is 17.7 Å². The third-order valence-corrected chi connectivity index (χ3v) is 5.21. The first-order valence-corrected chi connectivity index (χ1v) is 9.49. The summed E-state index contributed by atoms with van der Waals surface area (Å²) in [5, 5.41) is 17.4. The number of H-pyrrole nitrogens is 1. The second kappa shape index (κ2) is 7.50. The van der Waals surface area contributed by atoms with Gasteiger partial charge < -0.3 is 19.5 Å². The maximum absolute atomic E-state index is 13.1. The molecule has 150 valence electrons. The van der Waals surface area contributed by atoms with E-state index in [1.165, 1.54) is 7.11 Å². The highest BCUT2D eigenvalue weighted by Crippen LogP contribution is 2.44. The maximum atomic E-state index is 13.1. The number of hydrogen-bond acceptors (Lipinski definition) is 5. The van der Waals surface area contributed by atoms with E-state index in [2.05, 4.69) is 10.2 Å². The molecule has 0 bridgehead atoms. The van der Waals surface area contributed by atoms with Gasteiger partial charge in [-0.1, -0.05) is 13.0 Å². The van der Waals surface area contributed by atoms with Crippen LogP contribution in [-0.2, 0) is 0 Å². The number of benzene rings is 2. The fourth-order valence-electron chi connectivity index (χ4n) is 3.85. The Kier molecular flexibility index (Phi) is 4.88. The summed E-state index contributed by atoms with van der Waals surface area (Å²) < 4.78 is 10.5. The Balaban J connectivity index is 1.87. The molecule has 1 aliphatic heterocycles. The van der Waals surface area contributed by atoms with Crippen LogP contribution in [-0.4, -0.2) is 46.9 Å². The van der Waals surface area contributed by atoms with Crippen LogP contribution in [0.5, 0.6) is 17.2 Å². The molecule has 2 aromatic carbocycles. The minimum atomic E-state index is -0.317. The number of carbonyl (C=O) groups excluding carboxylic acids is 1. The van der Waals surface area contributed by atoms with Crippen molar-refractivity contribution in [3.05, 3.63) is 59.3 Å². The topological polar surface area (TPSA) is 87.7 Å².